The van der Waals surface area contributed by atoms with Gasteiger partial charge in [-0.2, -0.15) is 0 Å². The first kappa shape index (κ1) is 19.9. The normalized spacial score (nSPS) is 11.5. The summed E-state index contributed by atoms with van der Waals surface area (Å²) in [6, 6.07) is 25.6. The number of para-hydroxylation sites is 1. The summed E-state index contributed by atoms with van der Waals surface area (Å²) in [4.78, 5) is 9.31. The Morgan fingerprint density at radius 2 is 1.59 bits per heavy atom. The summed E-state index contributed by atoms with van der Waals surface area (Å²) in [6.45, 7) is 0. The predicted molar refractivity (Wildman–Crippen MR) is 124 cm³/mol. The first-order valence-electron chi connectivity index (χ1n) is 9.79. The Labute approximate surface area is 184 Å². The molecule has 8 heteroatoms. The van der Waals surface area contributed by atoms with Gasteiger partial charge in [0.25, 0.3) is 0 Å². The number of nitrogens with zero attached hydrogens (tertiary/aromatic N) is 2. The van der Waals surface area contributed by atoms with Crippen molar-refractivity contribution in [1.29, 1.82) is 0 Å². The van der Waals surface area contributed by atoms with Crippen LogP contribution in [0.5, 0.6) is 0 Å². The summed E-state index contributed by atoms with van der Waals surface area (Å²) in [5.74, 6) is 1.01. The number of sulfonamides is 1. The molecule has 32 heavy (non-hydrogen) atoms. The van der Waals surface area contributed by atoms with Crippen molar-refractivity contribution in [2.24, 2.45) is 5.14 Å². The number of fused-ring (bicyclic) bond motifs is 1. The zero-order valence-electron chi connectivity index (χ0n) is 16.8. The fourth-order valence-corrected chi connectivity index (χ4v) is 4.23. The predicted octanol–water partition coefficient (Wildman–Crippen LogP) is 4.95. The number of anilines is 2. The Morgan fingerprint density at radius 1 is 0.812 bits per heavy atom. The number of furan rings is 1. The van der Waals surface area contributed by atoms with Crippen molar-refractivity contribution in [3.05, 3.63) is 91.2 Å². The van der Waals surface area contributed by atoms with Crippen LogP contribution in [-0.4, -0.2) is 18.4 Å². The maximum atomic E-state index is 12.0. The molecule has 0 saturated carbocycles. The van der Waals surface area contributed by atoms with Gasteiger partial charge in [-0.25, -0.2) is 23.5 Å². The summed E-state index contributed by atoms with van der Waals surface area (Å²) in [5.41, 5.74) is 3.52. The molecule has 0 aliphatic rings. The van der Waals surface area contributed by atoms with Gasteiger partial charge < -0.3 is 9.73 Å². The molecule has 0 aliphatic carbocycles. The van der Waals surface area contributed by atoms with Crippen LogP contribution in [0.1, 0.15) is 0 Å². The lowest BCUT2D eigenvalue weighted by atomic mass is 10.0. The summed E-state index contributed by atoms with van der Waals surface area (Å²) in [7, 11) is -3.92. The molecule has 0 amide bonds. The molecular formula is C24H18N4O3S. The molecule has 3 N–H and O–H groups in total. The van der Waals surface area contributed by atoms with E-state index in [1.807, 2.05) is 60.7 Å². The Balaban J connectivity index is 1.69. The third-order valence-corrected chi connectivity index (χ3v) is 5.96. The van der Waals surface area contributed by atoms with E-state index in [0.717, 1.165) is 22.3 Å². The van der Waals surface area contributed by atoms with Crippen molar-refractivity contribution in [2.75, 3.05) is 5.32 Å². The van der Waals surface area contributed by atoms with Gasteiger partial charge in [0.05, 0.1) is 23.2 Å². The van der Waals surface area contributed by atoms with E-state index in [9.17, 15) is 8.42 Å². The van der Waals surface area contributed by atoms with Crippen LogP contribution in [0.15, 0.2) is 101 Å². The Kier molecular flexibility index (Phi) is 4.93. The van der Waals surface area contributed by atoms with E-state index < -0.39 is 10.0 Å². The highest BCUT2D eigenvalue weighted by molar-refractivity contribution is 7.89. The summed E-state index contributed by atoms with van der Waals surface area (Å²) in [5, 5.41) is 9.23. The third kappa shape index (κ3) is 3.84. The average Bonchev–Trinajstić information content (AvgIpc) is 3.34. The molecular weight excluding hydrogens is 424 g/mol. The molecule has 158 valence electrons. The smallest absolute Gasteiger partial charge is 0.240 e. The summed E-state index contributed by atoms with van der Waals surface area (Å²) >= 11 is 0. The zero-order valence-corrected chi connectivity index (χ0v) is 17.6. The van der Waals surface area contributed by atoms with Gasteiger partial charge in [-0.05, 0) is 42.5 Å². The molecule has 0 saturated heterocycles. The minimum absolute atomic E-state index is 0.0295. The molecule has 5 rings (SSSR count). The van der Waals surface area contributed by atoms with E-state index in [1.54, 1.807) is 24.5 Å². The van der Waals surface area contributed by atoms with Gasteiger partial charge in [-0.15, -0.1) is 0 Å². The SMILES string of the molecule is NS(=O)(=O)c1ccccc1Nc1nc(-c2ccccc2)c2cc(-c3ccco3)ccc2n1. The Hall–Kier alpha value is -4.01. The monoisotopic (exact) mass is 442 g/mol. The molecule has 2 heterocycles. The lowest BCUT2D eigenvalue weighted by Crippen LogP contribution is -2.14. The second-order valence-electron chi connectivity index (χ2n) is 7.14. The van der Waals surface area contributed by atoms with Crippen molar-refractivity contribution in [2.45, 2.75) is 4.90 Å². The molecule has 5 aromatic rings. The van der Waals surface area contributed by atoms with Gasteiger partial charge >= 0.3 is 0 Å². The highest BCUT2D eigenvalue weighted by Gasteiger charge is 2.16. The lowest BCUT2D eigenvalue weighted by molar-refractivity contribution is 0.582. The molecule has 3 aromatic carbocycles. The van der Waals surface area contributed by atoms with Crippen LogP contribution in [0.25, 0.3) is 33.5 Å². The maximum absolute atomic E-state index is 12.0. The largest absolute Gasteiger partial charge is 0.464 e. The fourth-order valence-electron chi connectivity index (χ4n) is 3.53. The molecule has 0 radical (unpaired) electrons. The van der Waals surface area contributed by atoms with Crippen molar-refractivity contribution in [3.8, 4) is 22.6 Å². The van der Waals surface area contributed by atoms with E-state index in [4.69, 9.17) is 14.5 Å². The first-order valence-corrected chi connectivity index (χ1v) is 11.3. The van der Waals surface area contributed by atoms with Gasteiger partial charge in [0.2, 0.25) is 16.0 Å². The molecule has 7 nitrogen and oxygen atoms in total. The molecule has 0 fully saturated rings. The number of hydrogen-bond donors (Lipinski definition) is 2. The van der Waals surface area contributed by atoms with Crippen LogP contribution in [0.3, 0.4) is 0 Å². The van der Waals surface area contributed by atoms with Crippen LogP contribution < -0.4 is 10.5 Å². The van der Waals surface area contributed by atoms with E-state index in [-0.39, 0.29) is 10.8 Å². The first-order chi connectivity index (χ1) is 15.5. The number of benzene rings is 3. The highest BCUT2D eigenvalue weighted by Crippen LogP contribution is 2.32. The molecule has 2 aromatic heterocycles. The van der Waals surface area contributed by atoms with Crippen molar-refractivity contribution >= 4 is 32.6 Å². The van der Waals surface area contributed by atoms with Gasteiger partial charge in [0, 0.05) is 16.5 Å². The van der Waals surface area contributed by atoms with Crippen LogP contribution in [0.4, 0.5) is 11.6 Å². The molecule has 0 aliphatic heterocycles. The minimum atomic E-state index is -3.92. The van der Waals surface area contributed by atoms with Gasteiger partial charge in [-0.3, -0.25) is 0 Å². The van der Waals surface area contributed by atoms with Crippen molar-refractivity contribution < 1.29 is 12.8 Å². The van der Waals surface area contributed by atoms with Crippen LogP contribution in [-0.2, 0) is 10.0 Å². The quantitative estimate of drug-likeness (QED) is 0.398. The zero-order chi connectivity index (χ0) is 22.1. The second kappa shape index (κ2) is 7.92. The highest BCUT2D eigenvalue weighted by atomic mass is 32.2. The van der Waals surface area contributed by atoms with E-state index >= 15 is 0 Å². The number of nitrogens with two attached hydrogens (primary N) is 1. The third-order valence-electron chi connectivity index (χ3n) is 4.99. The van der Waals surface area contributed by atoms with E-state index in [2.05, 4.69) is 10.3 Å². The number of hydrogen-bond acceptors (Lipinski definition) is 6. The number of nitrogens with one attached hydrogen (secondary N) is 1. The Morgan fingerprint density at radius 3 is 2.34 bits per heavy atom. The average molecular weight is 443 g/mol. The minimum Gasteiger partial charge on any atom is -0.464 e. The van der Waals surface area contributed by atoms with Crippen LogP contribution in [0.2, 0.25) is 0 Å². The molecule has 0 unspecified atom stereocenters. The number of primary sulfonamides is 1. The summed E-state index contributed by atoms with van der Waals surface area (Å²) in [6.07, 6.45) is 1.63. The van der Waals surface area contributed by atoms with Gasteiger partial charge in [0.15, 0.2) is 0 Å². The van der Waals surface area contributed by atoms with Crippen molar-refractivity contribution in [3.63, 3.8) is 0 Å². The Bertz CT molecular complexity index is 1520. The number of aromatic nitrogens is 2. The van der Waals surface area contributed by atoms with Crippen LogP contribution in [0, 0.1) is 0 Å². The molecule has 0 bridgehead atoms. The lowest BCUT2D eigenvalue weighted by Gasteiger charge is -2.13. The fraction of sp³-hybridized carbons (Fsp3) is 0. The molecule has 0 atom stereocenters. The van der Waals surface area contributed by atoms with Crippen LogP contribution >= 0.6 is 0 Å². The van der Waals surface area contributed by atoms with Gasteiger partial charge in [0.1, 0.15) is 10.7 Å². The van der Waals surface area contributed by atoms with Crippen molar-refractivity contribution in [1.82, 2.24) is 9.97 Å². The molecule has 0 spiro atoms. The van der Waals surface area contributed by atoms with E-state index in [0.29, 0.717) is 16.9 Å². The topological polar surface area (TPSA) is 111 Å². The standard InChI is InChI=1S/C24H18N4O3S/c25-32(29,30)22-11-5-4-9-20(22)27-24-26-19-13-12-17(21-10-6-14-31-21)15-18(19)23(28-24)16-7-2-1-3-8-16/h1-15H,(H2,25,29,30)(H,26,27,28). The summed E-state index contributed by atoms with van der Waals surface area (Å²) < 4.78 is 29.5. The number of rotatable bonds is 5. The van der Waals surface area contributed by atoms with Gasteiger partial charge in [-0.1, -0.05) is 42.5 Å². The van der Waals surface area contributed by atoms with E-state index in [1.165, 1.54) is 6.07 Å². The second-order valence-corrected chi connectivity index (χ2v) is 8.67. The maximum Gasteiger partial charge on any atom is 0.240 e.